The molecular formula is C19H21FN6O3S2. The maximum atomic E-state index is 13.3. The smallest absolute Gasteiger partial charge is 0.254 e. The van der Waals surface area contributed by atoms with Crippen molar-refractivity contribution in [2.45, 2.75) is 33.4 Å². The highest BCUT2D eigenvalue weighted by Crippen LogP contribution is 2.37. The minimum Gasteiger partial charge on any atom is -0.328 e. The van der Waals surface area contributed by atoms with Crippen LogP contribution in [0.15, 0.2) is 24.3 Å². The third kappa shape index (κ3) is 4.04. The van der Waals surface area contributed by atoms with Crippen molar-refractivity contribution in [3.8, 4) is 10.8 Å². The largest absolute Gasteiger partial charge is 0.328 e. The van der Waals surface area contributed by atoms with Crippen LogP contribution in [-0.4, -0.2) is 50.4 Å². The number of rotatable bonds is 5. The monoisotopic (exact) mass is 464 g/mol. The van der Waals surface area contributed by atoms with Gasteiger partial charge in [-0.3, -0.25) is 9.52 Å². The summed E-state index contributed by atoms with van der Waals surface area (Å²) in [5, 5.41) is 0.575. The summed E-state index contributed by atoms with van der Waals surface area (Å²) in [5.41, 5.74) is 0.929. The Balaban J connectivity index is 1.77. The van der Waals surface area contributed by atoms with E-state index >= 15 is 0 Å². The number of imidazole rings is 1. The molecule has 0 radical (unpaired) electrons. The van der Waals surface area contributed by atoms with E-state index in [0.717, 1.165) is 0 Å². The summed E-state index contributed by atoms with van der Waals surface area (Å²) in [6.07, 6.45) is 0. The summed E-state index contributed by atoms with van der Waals surface area (Å²) >= 11 is 1.18. The number of sulfonamides is 1. The lowest BCUT2D eigenvalue weighted by atomic mass is 10.1. The molecule has 0 saturated heterocycles. The number of benzene rings is 1. The summed E-state index contributed by atoms with van der Waals surface area (Å²) in [4.78, 5) is 23.6. The molecule has 1 N–H and O–H groups in total. The van der Waals surface area contributed by atoms with Crippen LogP contribution < -0.4 is 4.72 Å². The molecule has 1 amide bonds. The first kappa shape index (κ1) is 21.4. The number of aryl methyl sites for hydroxylation is 1. The molecular weight excluding hydrogens is 443 g/mol. The van der Waals surface area contributed by atoms with E-state index in [9.17, 15) is 17.6 Å². The van der Waals surface area contributed by atoms with Crippen molar-refractivity contribution < 1.29 is 17.6 Å². The highest BCUT2D eigenvalue weighted by Gasteiger charge is 2.35. The van der Waals surface area contributed by atoms with Gasteiger partial charge in [0.25, 0.3) is 5.91 Å². The topological polar surface area (TPSA) is 110 Å². The van der Waals surface area contributed by atoms with E-state index in [1.165, 1.54) is 42.7 Å². The Morgan fingerprint density at radius 1 is 1.26 bits per heavy atom. The zero-order valence-electron chi connectivity index (χ0n) is 17.2. The first-order valence-corrected chi connectivity index (χ1v) is 12.1. The predicted octanol–water partition coefficient (Wildman–Crippen LogP) is 2.83. The molecule has 1 atom stereocenters. The minimum absolute atomic E-state index is 0.112. The second-order valence-corrected chi connectivity index (χ2v) is 9.92. The predicted molar refractivity (Wildman–Crippen MR) is 115 cm³/mol. The van der Waals surface area contributed by atoms with Crippen molar-refractivity contribution in [2.24, 2.45) is 0 Å². The van der Waals surface area contributed by atoms with E-state index in [2.05, 4.69) is 19.1 Å². The minimum atomic E-state index is -3.59. The van der Waals surface area contributed by atoms with Gasteiger partial charge in [-0.1, -0.05) is 0 Å². The van der Waals surface area contributed by atoms with Gasteiger partial charge in [0.1, 0.15) is 11.6 Å². The van der Waals surface area contributed by atoms with Crippen LogP contribution in [0.4, 0.5) is 10.2 Å². The molecule has 1 aromatic carbocycles. The number of amides is 1. The summed E-state index contributed by atoms with van der Waals surface area (Å²) < 4.78 is 46.4. The first-order chi connectivity index (χ1) is 14.7. The van der Waals surface area contributed by atoms with Crippen LogP contribution >= 0.6 is 11.5 Å². The van der Waals surface area contributed by atoms with Crippen LogP contribution in [0.1, 0.15) is 41.8 Å². The van der Waals surface area contributed by atoms with Crippen molar-refractivity contribution in [2.75, 3.05) is 17.0 Å². The van der Waals surface area contributed by atoms with E-state index in [-0.39, 0.29) is 17.5 Å². The fourth-order valence-electron chi connectivity index (χ4n) is 3.55. The summed E-state index contributed by atoms with van der Waals surface area (Å²) in [6, 6.07) is 4.88. The number of carbonyl (C=O) groups excluding carboxylic acids is 1. The van der Waals surface area contributed by atoms with Gasteiger partial charge in [-0.05, 0) is 56.6 Å². The highest BCUT2D eigenvalue weighted by atomic mass is 32.2. The van der Waals surface area contributed by atoms with Crippen LogP contribution in [0.2, 0.25) is 0 Å². The van der Waals surface area contributed by atoms with Crippen molar-refractivity contribution in [1.82, 2.24) is 23.8 Å². The van der Waals surface area contributed by atoms with E-state index in [0.29, 0.717) is 41.0 Å². The molecule has 0 bridgehead atoms. The summed E-state index contributed by atoms with van der Waals surface area (Å²) in [6.45, 7) is 5.90. The molecule has 31 heavy (non-hydrogen) atoms. The molecule has 1 unspecified atom stereocenters. The second kappa shape index (κ2) is 8.00. The number of fused-ring (bicyclic) bond motifs is 1. The molecule has 12 heteroatoms. The molecule has 1 aliphatic heterocycles. The Morgan fingerprint density at radius 2 is 1.97 bits per heavy atom. The summed E-state index contributed by atoms with van der Waals surface area (Å²) in [7, 11) is -3.59. The Hall–Kier alpha value is -2.86. The van der Waals surface area contributed by atoms with Crippen molar-refractivity contribution in [3.05, 3.63) is 47.2 Å². The molecule has 164 valence electrons. The molecule has 0 fully saturated rings. The van der Waals surface area contributed by atoms with Gasteiger partial charge in [-0.15, -0.1) is 0 Å². The number of hydrogen-bond acceptors (Lipinski definition) is 7. The van der Waals surface area contributed by atoms with Gasteiger partial charge in [0.15, 0.2) is 16.6 Å². The van der Waals surface area contributed by atoms with Crippen molar-refractivity contribution in [3.63, 3.8) is 0 Å². The lowest BCUT2D eigenvalue weighted by Gasteiger charge is -2.35. The quantitative estimate of drug-likeness (QED) is 0.622. The number of aromatic nitrogens is 4. The number of hydrogen-bond donors (Lipinski definition) is 1. The molecule has 0 saturated carbocycles. The lowest BCUT2D eigenvalue weighted by molar-refractivity contribution is 0.0646. The zero-order chi connectivity index (χ0) is 22.3. The molecule has 0 spiro atoms. The Morgan fingerprint density at radius 3 is 2.58 bits per heavy atom. The number of anilines is 1. The van der Waals surface area contributed by atoms with Gasteiger partial charge < -0.3 is 9.47 Å². The zero-order valence-corrected chi connectivity index (χ0v) is 18.8. The number of nitrogens with one attached hydrogen (secondary N) is 1. The molecule has 4 rings (SSSR count). The Bertz CT molecular complexity index is 1240. The van der Waals surface area contributed by atoms with Crippen LogP contribution in [-0.2, 0) is 16.6 Å². The molecule has 3 aromatic rings. The average molecular weight is 465 g/mol. The number of carbonyl (C=O) groups is 1. The normalized spacial score (nSPS) is 16.3. The summed E-state index contributed by atoms with van der Waals surface area (Å²) in [5.74, 6) is 0.486. The SMILES string of the molecule is CCS(=O)(=O)Nc1nc(-c2nc(C)ns2)n2c1C(C)N(C(=O)c1ccc(F)cc1)CC2. The van der Waals surface area contributed by atoms with Crippen LogP contribution in [0.5, 0.6) is 0 Å². The van der Waals surface area contributed by atoms with Gasteiger partial charge in [0.05, 0.1) is 17.5 Å². The molecule has 1 aliphatic rings. The maximum absolute atomic E-state index is 13.3. The van der Waals surface area contributed by atoms with E-state index in [1.807, 2.05) is 11.5 Å². The van der Waals surface area contributed by atoms with Gasteiger partial charge >= 0.3 is 0 Å². The maximum Gasteiger partial charge on any atom is 0.254 e. The number of nitrogens with zero attached hydrogens (tertiary/aromatic N) is 5. The van der Waals surface area contributed by atoms with Gasteiger partial charge in [0, 0.05) is 18.7 Å². The van der Waals surface area contributed by atoms with Gasteiger partial charge in [-0.25, -0.2) is 22.8 Å². The van der Waals surface area contributed by atoms with E-state index in [1.54, 1.807) is 11.8 Å². The van der Waals surface area contributed by atoms with E-state index in [4.69, 9.17) is 0 Å². The third-order valence-electron chi connectivity index (χ3n) is 5.14. The Labute approximate surface area is 183 Å². The standard InChI is InChI=1S/C19H21FN6O3S2/c1-4-31(28,29)24-16-15-11(2)25(19(27)13-5-7-14(20)8-6-13)9-10-26(15)17(22-16)18-21-12(3)23-30-18/h5-8,11,24H,4,9-10H2,1-3H3. The van der Waals surface area contributed by atoms with Crippen LogP contribution in [0.25, 0.3) is 10.8 Å². The molecule has 0 aliphatic carbocycles. The van der Waals surface area contributed by atoms with Crippen molar-refractivity contribution in [1.29, 1.82) is 0 Å². The van der Waals surface area contributed by atoms with Gasteiger partial charge in [0.2, 0.25) is 10.0 Å². The average Bonchev–Trinajstić information content (AvgIpc) is 3.32. The molecule has 9 nitrogen and oxygen atoms in total. The molecule has 3 heterocycles. The third-order valence-corrected chi connectivity index (χ3v) is 7.20. The number of halogens is 1. The van der Waals surface area contributed by atoms with Crippen LogP contribution in [0, 0.1) is 12.7 Å². The van der Waals surface area contributed by atoms with E-state index < -0.39 is 21.9 Å². The highest BCUT2D eigenvalue weighted by molar-refractivity contribution is 7.92. The lowest BCUT2D eigenvalue weighted by Crippen LogP contribution is -2.41. The van der Waals surface area contributed by atoms with Crippen LogP contribution in [0.3, 0.4) is 0 Å². The fourth-order valence-corrected chi connectivity index (χ4v) is 4.80. The molecule has 2 aromatic heterocycles. The first-order valence-electron chi connectivity index (χ1n) is 9.68. The fraction of sp³-hybridized carbons (Fsp3) is 0.368. The van der Waals surface area contributed by atoms with Crippen molar-refractivity contribution >= 4 is 33.3 Å². The Kier molecular flexibility index (Phi) is 5.52. The van der Waals surface area contributed by atoms with Gasteiger partial charge in [-0.2, -0.15) is 4.37 Å². The second-order valence-electron chi connectivity index (χ2n) is 7.15.